The molecule has 134 valence electrons. The maximum Gasteiger partial charge on any atom is 0.258 e. The average Bonchev–Trinajstić information content (AvgIpc) is 2.89. The van der Waals surface area contributed by atoms with Crippen LogP contribution in [0.25, 0.3) is 0 Å². The van der Waals surface area contributed by atoms with Gasteiger partial charge in [-0.2, -0.15) is 0 Å². The number of hydrogen-bond acceptors (Lipinski definition) is 4. The number of methoxy groups -OCH3 is 1. The molecule has 1 aliphatic rings. The van der Waals surface area contributed by atoms with Crippen molar-refractivity contribution in [2.24, 2.45) is 11.3 Å². The molecule has 0 radical (unpaired) electrons. The third-order valence-electron chi connectivity index (χ3n) is 5.09. The normalized spacial score (nSPS) is 17.0. The minimum atomic E-state index is -0.116. The van der Waals surface area contributed by atoms with Gasteiger partial charge in [0.2, 0.25) is 0 Å². The number of ether oxygens (including phenoxy) is 1. The summed E-state index contributed by atoms with van der Waals surface area (Å²) >= 11 is 1.58. The predicted molar refractivity (Wildman–Crippen MR) is 105 cm³/mol. The molecule has 0 saturated heterocycles. The molecule has 1 amide bonds. The molecule has 1 heterocycles. The maximum absolute atomic E-state index is 12.8. The van der Waals surface area contributed by atoms with Crippen LogP contribution in [0.5, 0.6) is 5.75 Å². The van der Waals surface area contributed by atoms with Crippen LogP contribution in [-0.2, 0) is 12.8 Å². The quantitative estimate of drug-likeness (QED) is 0.833. The molecule has 3 rings (SSSR count). The van der Waals surface area contributed by atoms with Gasteiger partial charge in [-0.25, -0.2) is 0 Å². The van der Waals surface area contributed by atoms with Crippen molar-refractivity contribution < 1.29 is 9.53 Å². The van der Waals surface area contributed by atoms with E-state index in [0.717, 1.165) is 36.3 Å². The highest BCUT2D eigenvalue weighted by molar-refractivity contribution is 7.16. The highest BCUT2D eigenvalue weighted by Gasteiger charge is 2.33. The molecule has 0 aliphatic heterocycles. The van der Waals surface area contributed by atoms with Gasteiger partial charge < -0.3 is 15.8 Å². The van der Waals surface area contributed by atoms with Gasteiger partial charge in [-0.3, -0.25) is 4.79 Å². The standard InChI is InChI=1S/C20H26N2O2S/c1-20(2,3)12-5-10-15-16(11-12)25-18(21)17(15)19(23)22-13-6-8-14(24-4)9-7-13/h6-9,12H,5,10-11,21H2,1-4H3,(H,22,23)/t12-/m1/s1. The Balaban J connectivity index is 1.81. The van der Waals surface area contributed by atoms with E-state index >= 15 is 0 Å². The molecule has 0 bridgehead atoms. The summed E-state index contributed by atoms with van der Waals surface area (Å²) in [6.45, 7) is 6.87. The summed E-state index contributed by atoms with van der Waals surface area (Å²) in [7, 11) is 1.62. The van der Waals surface area contributed by atoms with Crippen molar-refractivity contribution in [2.75, 3.05) is 18.2 Å². The topological polar surface area (TPSA) is 64.3 Å². The van der Waals surface area contributed by atoms with Gasteiger partial charge in [0.05, 0.1) is 17.7 Å². The number of benzene rings is 1. The molecule has 1 aliphatic carbocycles. The van der Waals surface area contributed by atoms with Gasteiger partial charge >= 0.3 is 0 Å². The Morgan fingerprint density at radius 2 is 1.96 bits per heavy atom. The molecule has 5 heteroatoms. The second kappa shape index (κ2) is 6.71. The maximum atomic E-state index is 12.8. The van der Waals surface area contributed by atoms with E-state index in [2.05, 4.69) is 26.1 Å². The van der Waals surface area contributed by atoms with Crippen molar-refractivity contribution in [1.82, 2.24) is 0 Å². The van der Waals surface area contributed by atoms with Gasteiger partial charge in [0, 0.05) is 10.6 Å². The van der Waals surface area contributed by atoms with Crippen molar-refractivity contribution >= 4 is 27.9 Å². The Kier molecular flexibility index (Phi) is 4.78. The summed E-state index contributed by atoms with van der Waals surface area (Å²) in [5.74, 6) is 1.28. The molecule has 3 N–H and O–H groups in total. The Morgan fingerprint density at radius 3 is 2.56 bits per heavy atom. The number of thiophene rings is 1. The van der Waals surface area contributed by atoms with Crippen LogP contribution in [0.3, 0.4) is 0 Å². The molecule has 0 unspecified atom stereocenters. The lowest BCUT2D eigenvalue weighted by atomic mass is 9.72. The van der Waals surface area contributed by atoms with Crippen molar-refractivity contribution in [2.45, 2.75) is 40.0 Å². The molecule has 1 atom stereocenters. The molecular formula is C20H26N2O2S. The van der Waals surface area contributed by atoms with Gasteiger partial charge in [-0.05, 0) is 60.4 Å². The van der Waals surface area contributed by atoms with Crippen molar-refractivity contribution in [1.29, 1.82) is 0 Å². The number of rotatable bonds is 3. The highest BCUT2D eigenvalue weighted by atomic mass is 32.1. The smallest absolute Gasteiger partial charge is 0.258 e. The number of carbonyl (C=O) groups is 1. The van der Waals surface area contributed by atoms with E-state index in [1.807, 2.05) is 24.3 Å². The fraction of sp³-hybridized carbons (Fsp3) is 0.450. The third-order valence-corrected chi connectivity index (χ3v) is 6.18. The molecule has 1 aromatic carbocycles. The highest BCUT2D eigenvalue weighted by Crippen LogP contribution is 2.43. The van der Waals surface area contributed by atoms with E-state index < -0.39 is 0 Å². The molecule has 0 spiro atoms. The number of fused-ring (bicyclic) bond motifs is 1. The minimum absolute atomic E-state index is 0.116. The van der Waals surface area contributed by atoms with Crippen LogP contribution in [0.2, 0.25) is 0 Å². The van der Waals surface area contributed by atoms with Gasteiger partial charge in [0.15, 0.2) is 0 Å². The van der Waals surface area contributed by atoms with Crippen molar-refractivity contribution in [3.05, 3.63) is 40.3 Å². The first-order chi connectivity index (χ1) is 11.8. The zero-order chi connectivity index (χ0) is 18.2. The lowest BCUT2D eigenvalue weighted by Gasteiger charge is -2.33. The number of amides is 1. The first-order valence-electron chi connectivity index (χ1n) is 8.65. The Bertz CT molecular complexity index is 772. The van der Waals surface area contributed by atoms with Crippen LogP contribution in [0.4, 0.5) is 10.7 Å². The molecule has 1 aromatic heterocycles. The van der Waals surface area contributed by atoms with Crippen LogP contribution >= 0.6 is 11.3 Å². The van der Waals surface area contributed by atoms with Gasteiger partial charge in [-0.15, -0.1) is 11.3 Å². The second-order valence-electron chi connectivity index (χ2n) is 7.73. The zero-order valence-electron chi connectivity index (χ0n) is 15.3. The third kappa shape index (κ3) is 3.66. The van der Waals surface area contributed by atoms with Crippen LogP contribution in [-0.4, -0.2) is 13.0 Å². The number of nitrogen functional groups attached to an aromatic ring is 1. The molecular weight excluding hydrogens is 332 g/mol. The summed E-state index contributed by atoms with van der Waals surface area (Å²) in [6, 6.07) is 7.33. The summed E-state index contributed by atoms with van der Waals surface area (Å²) < 4.78 is 5.15. The summed E-state index contributed by atoms with van der Waals surface area (Å²) in [6.07, 6.45) is 3.05. The number of carbonyl (C=O) groups excluding carboxylic acids is 1. The SMILES string of the molecule is COc1ccc(NC(=O)c2c(N)sc3c2CC[C@@H](C(C)(C)C)C3)cc1. The second-order valence-corrected chi connectivity index (χ2v) is 8.87. The first-order valence-corrected chi connectivity index (χ1v) is 9.46. The lowest BCUT2D eigenvalue weighted by molar-refractivity contribution is 0.102. The number of anilines is 2. The largest absolute Gasteiger partial charge is 0.497 e. The molecule has 2 aromatic rings. The van der Waals surface area contributed by atoms with Crippen LogP contribution < -0.4 is 15.8 Å². The molecule has 0 fully saturated rings. The summed E-state index contributed by atoms with van der Waals surface area (Å²) in [5.41, 5.74) is 9.05. The van der Waals surface area contributed by atoms with E-state index in [1.165, 1.54) is 4.88 Å². The number of hydrogen-bond donors (Lipinski definition) is 2. The average molecular weight is 359 g/mol. The summed E-state index contributed by atoms with van der Waals surface area (Å²) in [5, 5.41) is 3.59. The molecule has 0 saturated carbocycles. The molecule has 4 nitrogen and oxygen atoms in total. The van der Waals surface area contributed by atoms with Crippen molar-refractivity contribution in [3.8, 4) is 5.75 Å². The van der Waals surface area contributed by atoms with E-state index in [1.54, 1.807) is 18.4 Å². The van der Waals surface area contributed by atoms with Gasteiger partial charge in [0.25, 0.3) is 5.91 Å². The Hall–Kier alpha value is -2.01. The van der Waals surface area contributed by atoms with Gasteiger partial charge in [-0.1, -0.05) is 20.8 Å². The van der Waals surface area contributed by atoms with Crippen molar-refractivity contribution in [3.63, 3.8) is 0 Å². The first kappa shape index (κ1) is 17.8. The Labute approximate surface area is 153 Å². The molecule has 25 heavy (non-hydrogen) atoms. The van der Waals surface area contributed by atoms with E-state index in [9.17, 15) is 4.79 Å². The zero-order valence-corrected chi connectivity index (χ0v) is 16.1. The van der Waals surface area contributed by atoms with Gasteiger partial charge in [0.1, 0.15) is 5.75 Å². The van der Waals surface area contributed by atoms with Crippen LogP contribution in [0.15, 0.2) is 24.3 Å². The fourth-order valence-corrected chi connectivity index (χ4v) is 4.66. The number of nitrogens with two attached hydrogens (primary N) is 1. The van der Waals surface area contributed by atoms with E-state index in [0.29, 0.717) is 16.5 Å². The van der Waals surface area contributed by atoms with E-state index in [4.69, 9.17) is 10.5 Å². The summed E-state index contributed by atoms with van der Waals surface area (Å²) in [4.78, 5) is 14.1. The Morgan fingerprint density at radius 1 is 1.28 bits per heavy atom. The van der Waals surface area contributed by atoms with E-state index in [-0.39, 0.29) is 11.3 Å². The van der Waals surface area contributed by atoms with Crippen LogP contribution in [0.1, 0.15) is 48.0 Å². The predicted octanol–water partition coefficient (Wildman–Crippen LogP) is 4.74. The minimum Gasteiger partial charge on any atom is -0.497 e. The number of nitrogens with one attached hydrogen (secondary N) is 1. The monoisotopic (exact) mass is 358 g/mol. The van der Waals surface area contributed by atoms with Crippen LogP contribution in [0, 0.1) is 11.3 Å². The fourth-order valence-electron chi connectivity index (χ4n) is 3.46. The lowest BCUT2D eigenvalue weighted by Crippen LogP contribution is -2.27.